The van der Waals surface area contributed by atoms with Crippen molar-refractivity contribution >= 4 is 0 Å². The van der Waals surface area contributed by atoms with E-state index in [0.717, 1.165) is 6.42 Å². The molecule has 0 N–H and O–H groups in total. The Balaban J connectivity index is 2.00. The highest BCUT2D eigenvalue weighted by Crippen LogP contribution is 2.42. The smallest absolute Gasteiger partial charge is 0.114 e. The van der Waals surface area contributed by atoms with Gasteiger partial charge in [0.25, 0.3) is 0 Å². The van der Waals surface area contributed by atoms with Crippen LogP contribution in [0.25, 0.3) is 0 Å². The maximum Gasteiger partial charge on any atom is 0.114 e. The first-order valence-electron chi connectivity index (χ1n) is 5.54. The fourth-order valence-corrected chi connectivity index (χ4v) is 1.77. The highest BCUT2D eigenvalue weighted by atomic mass is 16.6. The molecule has 2 aliphatic heterocycles. The molecule has 0 amide bonds. The molecule has 0 aliphatic carbocycles. The zero-order chi connectivity index (χ0) is 10.5. The number of benzene rings is 1. The minimum Gasteiger partial charge on any atom is -0.372 e. The van der Waals surface area contributed by atoms with Gasteiger partial charge in [-0.3, -0.25) is 0 Å². The van der Waals surface area contributed by atoms with Gasteiger partial charge in [-0.1, -0.05) is 30.3 Å². The van der Waals surface area contributed by atoms with Gasteiger partial charge in [-0.05, 0) is 12.0 Å². The molecule has 0 spiro atoms. The first-order chi connectivity index (χ1) is 7.17. The van der Waals surface area contributed by atoms with Crippen LogP contribution in [0.3, 0.4) is 0 Å². The van der Waals surface area contributed by atoms with Crippen molar-refractivity contribution in [2.45, 2.75) is 24.7 Å². The molecule has 0 aromatic heterocycles. The third-order valence-electron chi connectivity index (χ3n) is 2.45. The van der Waals surface area contributed by atoms with Gasteiger partial charge in [0.15, 0.2) is 0 Å². The molecule has 13 heavy (non-hydrogen) atoms. The molecule has 2 fully saturated rings. The number of rotatable bonds is 1. The van der Waals surface area contributed by atoms with E-state index in [1.54, 1.807) is 12.1 Å². The van der Waals surface area contributed by atoms with Crippen LogP contribution in [0.15, 0.2) is 30.3 Å². The van der Waals surface area contributed by atoms with Gasteiger partial charge in [-0.15, -0.1) is 0 Å². The molecular formula is C11H12O2. The highest BCUT2D eigenvalue weighted by molar-refractivity contribution is 5.22. The van der Waals surface area contributed by atoms with Crippen molar-refractivity contribution in [2.24, 2.45) is 0 Å². The van der Waals surface area contributed by atoms with E-state index < -0.39 is 12.2 Å². The second-order valence-corrected chi connectivity index (χ2v) is 3.30. The Kier molecular flexibility index (Phi) is 1.26. The first kappa shape index (κ1) is 5.78. The summed E-state index contributed by atoms with van der Waals surface area (Å²) in [5.41, 5.74) is 0.693. The van der Waals surface area contributed by atoms with Gasteiger partial charge in [-0.25, -0.2) is 0 Å². The normalized spacial score (nSPS) is 50.3. The molecule has 2 heteroatoms. The molecule has 0 radical (unpaired) electrons. The van der Waals surface area contributed by atoms with Gasteiger partial charge in [0.1, 0.15) is 12.2 Å². The van der Waals surface area contributed by atoms with E-state index in [0.29, 0.717) is 12.2 Å². The van der Waals surface area contributed by atoms with E-state index in [2.05, 4.69) is 0 Å². The average molecular weight is 178 g/mol. The first-order valence-corrected chi connectivity index (χ1v) is 4.54. The number of fused-ring (bicyclic) bond motifs is 1. The van der Waals surface area contributed by atoms with E-state index in [-0.39, 0.29) is 6.10 Å². The van der Waals surface area contributed by atoms with E-state index in [1.807, 2.05) is 18.2 Å². The fraction of sp³-hybridized carbons (Fsp3) is 0.455. The number of hydrogen-bond donors (Lipinski definition) is 0. The molecular weight excluding hydrogens is 164 g/mol. The number of ether oxygens (including phenoxy) is 2. The summed E-state index contributed by atoms with van der Waals surface area (Å²) in [6.45, 7) is 0.516. The lowest BCUT2D eigenvalue weighted by Crippen LogP contribution is -2.44. The molecule has 0 bridgehead atoms. The van der Waals surface area contributed by atoms with Crippen LogP contribution in [0, 0.1) is 0 Å². The maximum absolute atomic E-state index is 8.19. The lowest BCUT2D eigenvalue weighted by Gasteiger charge is -2.39. The van der Waals surface area contributed by atoms with Crippen LogP contribution in [0.2, 0.25) is 0 Å². The summed E-state index contributed by atoms with van der Waals surface area (Å²) < 4.78 is 27.2. The topological polar surface area (TPSA) is 18.5 Å². The zero-order valence-corrected chi connectivity index (χ0v) is 7.19. The summed E-state index contributed by atoms with van der Waals surface area (Å²) in [4.78, 5) is 0. The summed E-state index contributed by atoms with van der Waals surface area (Å²) >= 11 is 0. The summed E-state index contributed by atoms with van der Waals surface area (Å²) in [6, 6.07) is 9.19. The Morgan fingerprint density at radius 3 is 2.92 bits per heavy atom. The molecule has 0 saturated carbocycles. The van der Waals surface area contributed by atoms with Crippen LogP contribution in [0.4, 0.5) is 0 Å². The molecule has 1 aromatic carbocycles. The van der Waals surface area contributed by atoms with Crippen molar-refractivity contribution < 1.29 is 12.2 Å². The molecule has 3 rings (SSSR count). The molecule has 2 heterocycles. The van der Waals surface area contributed by atoms with Crippen molar-refractivity contribution in [3.05, 3.63) is 35.9 Å². The lowest BCUT2D eigenvalue weighted by atomic mass is 9.94. The van der Waals surface area contributed by atoms with Gasteiger partial charge in [-0.2, -0.15) is 0 Å². The van der Waals surface area contributed by atoms with Gasteiger partial charge in [0.2, 0.25) is 0 Å². The Morgan fingerprint density at radius 1 is 1.31 bits per heavy atom. The van der Waals surface area contributed by atoms with Crippen LogP contribution >= 0.6 is 0 Å². The van der Waals surface area contributed by atoms with Crippen LogP contribution in [0.5, 0.6) is 0 Å². The fourth-order valence-electron chi connectivity index (χ4n) is 1.77. The van der Waals surface area contributed by atoms with Gasteiger partial charge >= 0.3 is 0 Å². The van der Waals surface area contributed by atoms with E-state index in [4.69, 9.17) is 12.2 Å². The van der Waals surface area contributed by atoms with Gasteiger partial charge in [0, 0.05) is 6.61 Å². The van der Waals surface area contributed by atoms with E-state index in [1.165, 1.54) is 0 Å². The minimum absolute atomic E-state index is 0.241. The van der Waals surface area contributed by atoms with Crippen LogP contribution < -0.4 is 0 Å². The summed E-state index contributed by atoms with van der Waals surface area (Å²) in [5.74, 6) is 0. The van der Waals surface area contributed by atoms with Gasteiger partial charge in [0.05, 0.1) is 8.85 Å². The van der Waals surface area contributed by atoms with Crippen LogP contribution in [-0.2, 0) is 9.47 Å². The molecule has 2 aliphatic rings. The third-order valence-corrected chi connectivity index (χ3v) is 2.45. The van der Waals surface area contributed by atoms with E-state index >= 15 is 0 Å². The molecule has 2 nitrogen and oxygen atoms in total. The molecule has 0 unspecified atom stereocenters. The third kappa shape index (κ3) is 1.10. The SMILES string of the molecule is [2H][C@@]1(c2ccccc2)O[C@@H]2CCO[C@@]21[2H]. The van der Waals surface area contributed by atoms with Crippen molar-refractivity contribution in [3.63, 3.8) is 0 Å². The van der Waals surface area contributed by atoms with E-state index in [9.17, 15) is 0 Å². The standard InChI is InChI=1S/C11H12O2/c1-2-4-8(5-3-1)10-11-9(13-10)6-7-12-11/h1-5,9-11H,6-7H2/t9-,10+,11+/m1/s1/i10D,11D. The predicted molar refractivity (Wildman–Crippen MR) is 48.4 cm³/mol. The zero-order valence-electron chi connectivity index (χ0n) is 9.19. The molecule has 68 valence electrons. The second kappa shape index (κ2) is 2.82. The van der Waals surface area contributed by atoms with Gasteiger partial charge < -0.3 is 9.47 Å². The van der Waals surface area contributed by atoms with Crippen LogP contribution in [-0.4, -0.2) is 18.8 Å². The number of hydrogen-bond acceptors (Lipinski definition) is 2. The Hall–Kier alpha value is -0.860. The quantitative estimate of drug-likeness (QED) is 0.654. The van der Waals surface area contributed by atoms with Crippen LogP contribution in [0.1, 0.15) is 20.8 Å². The second-order valence-electron chi connectivity index (χ2n) is 3.30. The maximum atomic E-state index is 8.19. The molecule has 1 aromatic rings. The monoisotopic (exact) mass is 178 g/mol. The Morgan fingerprint density at radius 2 is 2.15 bits per heavy atom. The lowest BCUT2D eigenvalue weighted by molar-refractivity contribution is -0.202. The Bertz CT molecular complexity index is 383. The molecule has 3 atom stereocenters. The summed E-state index contributed by atoms with van der Waals surface area (Å²) in [6.07, 6.45) is -2.09. The largest absolute Gasteiger partial charge is 0.372 e. The highest BCUT2D eigenvalue weighted by Gasteiger charge is 2.47. The average Bonchev–Trinajstić information content (AvgIpc) is 2.58. The van der Waals surface area contributed by atoms with Crippen molar-refractivity contribution in [1.82, 2.24) is 0 Å². The van der Waals surface area contributed by atoms with Crippen molar-refractivity contribution in [3.8, 4) is 0 Å². The Labute approximate surface area is 80.3 Å². The summed E-state index contributed by atoms with van der Waals surface area (Å²) in [7, 11) is 0. The van der Waals surface area contributed by atoms with Crippen molar-refractivity contribution in [1.29, 1.82) is 0 Å². The minimum atomic E-state index is -1.35. The molecule has 2 saturated heterocycles. The predicted octanol–water partition coefficient (Wildman–Crippen LogP) is 1.92. The van der Waals surface area contributed by atoms with Crippen molar-refractivity contribution in [2.75, 3.05) is 6.61 Å². The summed E-state index contributed by atoms with van der Waals surface area (Å²) in [5, 5.41) is 0.